The standard InChI is InChI=1S/C22H32/c1-2-4-6-8-10-13-19-17-18-20-14-12-16-22(20)21(19)15-11-9-7-5-3-1/h12,14,17-18H,1-11,13,15-16H2. The first-order valence-corrected chi connectivity index (χ1v) is 9.75. The van der Waals surface area contributed by atoms with Crippen LogP contribution in [0.1, 0.15) is 92.9 Å². The summed E-state index contributed by atoms with van der Waals surface area (Å²) < 4.78 is 0. The Hall–Kier alpha value is -1.04. The van der Waals surface area contributed by atoms with Crippen LogP contribution in [-0.2, 0) is 19.3 Å². The van der Waals surface area contributed by atoms with Gasteiger partial charge in [0.15, 0.2) is 0 Å². The molecule has 0 nitrogen and oxygen atoms in total. The molecular weight excluding hydrogens is 264 g/mol. The fourth-order valence-corrected chi connectivity index (χ4v) is 4.21. The molecule has 0 unspecified atom stereocenters. The first kappa shape index (κ1) is 15.8. The van der Waals surface area contributed by atoms with E-state index in [0.29, 0.717) is 0 Å². The van der Waals surface area contributed by atoms with Gasteiger partial charge in [-0.3, -0.25) is 0 Å². The van der Waals surface area contributed by atoms with Crippen LogP contribution < -0.4 is 0 Å². The van der Waals surface area contributed by atoms with Crippen LogP contribution in [0.2, 0.25) is 0 Å². The number of hydrogen-bond donors (Lipinski definition) is 0. The van der Waals surface area contributed by atoms with Gasteiger partial charge in [-0.25, -0.2) is 0 Å². The van der Waals surface area contributed by atoms with Crippen molar-refractivity contribution in [1.82, 2.24) is 0 Å². The SMILES string of the molecule is C1=Cc2ccc3c(c2C1)CCCCCCCCCCCCC3. The van der Waals surface area contributed by atoms with Crippen molar-refractivity contribution >= 4 is 6.08 Å². The molecule has 0 heterocycles. The number of hydrogen-bond acceptors (Lipinski definition) is 0. The summed E-state index contributed by atoms with van der Waals surface area (Å²) in [5.41, 5.74) is 6.54. The van der Waals surface area contributed by atoms with E-state index in [-0.39, 0.29) is 0 Å². The lowest BCUT2D eigenvalue weighted by molar-refractivity contribution is 0.549. The highest BCUT2D eigenvalue weighted by molar-refractivity contribution is 5.63. The van der Waals surface area contributed by atoms with Gasteiger partial charge in [-0.15, -0.1) is 0 Å². The Bertz CT molecular complexity index is 495. The third kappa shape index (κ3) is 4.24. The molecule has 0 amide bonds. The van der Waals surface area contributed by atoms with Crippen molar-refractivity contribution in [2.24, 2.45) is 0 Å². The zero-order valence-electron chi connectivity index (χ0n) is 14.2. The summed E-state index contributed by atoms with van der Waals surface area (Å²) in [7, 11) is 0. The Morgan fingerprint density at radius 2 is 1.14 bits per heavy atom. The van der Waals surface area contributed by atoms with Crippen molar-refractivity contribution in [3.8, 4) is 0 Å². The van der Waals surface area contributed by atoms with Gasteiger partial charge in [0.05, 0.1) is 0 Å². The Morgan fingerprint density at radius 3 is 1.82 bits per heavy atom. The molecule has 0 heteroatoms. The lowest BCUT2D eigenvalue weighted by atomic mass is 9.90. The van der Waals surface area contributed by atoms with E-state index in [0.717, 1.165) is 0 Å². The fraction of sp³-hybridized carbons (Fsp3) is 0.636. The lowest BCUT2D eigenvalue weighted by Gasteiger charge is -2.15. The minimum absolute atomic E-state index is 1.18. The molecule has 0 bridgehead atoms. The van der Waals surface area contributed by atoms with Crippen LogP contribution in [0.4, 0.5) is 0 Å². The average molecular weight is 296 g/mol. The molecule has 0 atom stereocenters. The molecule has 0 saturated carbocycles. The van der Waals surface area contributed by atoms with Gasteiger partial charge in [-0.1, -0.05) is 82.1 Å². The lowest BCUT2D eigenvalue weighted by Crippen LogP contribution is -2.01. The van der Waals surface area contributed by atoms with Gasteiger partial charge in [-0.2, -0.15) is 0 Å². The van der Waals surface area contributed by atoms with Crippen molar-refractivity contribution in [3.63, 3.8) is 0 Å². The molecule has 0 saturated heterocycles. The summed E-state index contributed by atoms with van der Waals surface area (Å²) in [5, 5.41) is 0. The van der Waals surface area contributed by atoms with Gasteiger partial charge in [0, 0.05) is 0 Å². The zero-order valence-corrected chi connectivity index (χ0v) is 14.2. The summed E-state index contributed by atoms with van der Waals surface area (Å²) in [4.78, 5) is 0. The van der Waals surface area contributed by atoms with Crippen molar-refractivity contribution < 1.29 is 0 Å². The summed E-state index contributed by atoms with van der Waals surface area (Å²) in [6.07, 6.45) is 24.3. The maximum atomic E-state index is 2.43. The van der Waals surface area contributed by atoms with Crippen molar-refractivity contribution in [2.75, 3.05) is 0 Å². The van der Waals surface area contributed by atoms with E-state index in [1.165, 1.54) is 95.5 Å². The molecule has 0 fully saturated rings. The normalized spacial score (nSPS) is 20.7. The van der Waals surface area contributed by atoms with E-state index in [1.807, 2.05) is 0 Å². The Labute approximate surface area is 137 Å². The van der Waals surface area contributed by atoms with E-state index in [9.17, 15) is 0 Å². The maximum Gasteiger partial charge on any atom is -0.00853 e. The number of aryl methyl sites for hydroxylation is 1. The van der Waals surface area contributed by atoms with Gasteiger partial charge >= 0.3 is 0 Å². The van der Waals surface area contributed by atoms with Crippen LogP contribution in [0, 0.1) is 0 Å². The van der Waals surface area contributed by atoms with Crippen LogP contribution in [0.25, 0.3) is 6.08 Å². The Morgan fingerprint density at radius 1 is 0.545 bits per heavy atom. The summed E-state index contributed by atoms with van der Waals surface area (Å²) in [6, 6.07) is 4.80. The molecule has 2 aliphatic rings. The van der Waals surface area contributed by atoms with Crippen molar-refractivity contribution in [2.45, 2.75) is 89.9 Å². The second kappa shape index (κ2) is 8.56. The van der Waals surface area contributed by atoms with Crippen LogP contribution >= 0.6 is 0 Å². The molecule has 0 spiro atoms. The van der Waals surface area contributed by atoms with E-state index >= 15 is 0 Å². The molecule has 0 N–H and O–H groups in total. The van der Waals surface area contributed by atoms with Gasteiger partial charge < -0.3 is 0 Å². The maximum absolute atomic E-state index is 2.43. The molecule has 1 aromatic rings. The zero-order chi connectivity index (χ0) is 15.0. The average Bonchev–Trinajstić information content (AvgIpc) is 3.00. The van der Waals surface area contributed by atoms with Crippen LogP contribution in [0.15, 0.2) is 18.2 Å². The van der Waals surface area contributed by atoms with Crippen LogP contribution in [-0.4, -0.2) is 0 Å². The molecule has 0 aliphatic heterocycles. The summed E-state index contributed by atoms with van der Waals surface area (Å²) >= 11 is 0. The predicted molar refractivity (Wildman–Crippen MR) is 97.4 cm³/mol. The highest BCUT2D eigenvalue weighted by Gasteiger charge is 2.14. The first-order valence-electron chi connectivity index (χ1n) is 9.75. The molecule has 2 aliphatic carbocycles. The van der Waals surface area contributed by atoms with E-state index in [1.54, 1.807) is 16.7 Å². The quantitative estimate of drug-likeness (QED) is 0.503. The summed E-state index contributed by atoms with van der Waals surface area (Å²) in [6.45, 7) is 0. The minimum atomic E-state index is 1.18. The van der Waals surface area contributed by atoms with Crippen molar-refractivity contribution in [1.29, 1.82) is 0 Å². The highest BCUT2D eigenvalue weighted by atomic mass is 14.2. The molecule has 22 heavy (non-hydrogen) atoms. The molecular formula is C22H32. The van der Waals surface area contributed by atoms with Gasteiger partial charge in [0.2, 0.25) is 0 Å². The number of benzene rings is 1. The van der Waals surface area contributed by atoms with E-state index in [2.05, 4.69) is 24.3 Å². The topological polar surface area (TPSA) is 0 Å². The molecule has 0 aromatic heterocycles. The highest BCUT2D eigenvalue weighted by Crippen LogP contribution is 2.29. The van der Waals surface area contributed by atoms with Crippen LogP contribution in [0.5, 0.6) is 0 Å². The van der Waals surface area contributed by atoms with E-state index < -0.39 is 0 Å². The van der Waals surface area contributed by atoms with Gasteiger partial charge in [0.25, 0.3) is 0 Å². The molecule has 1 aromatic carbocycles. The number of rotatable bonds is 0. The smallest absolute Gasteiger partial charge is 0.00853 e. The third-order valence-corrected chi connectivity index (χ3v) is 5.56. The second-order valence-corrected chi connectivity index (χ2v) is 7.27. The molecule has 3 rings (SSSR count). The van der Waals surface area contributed by atoms with Gasteiger partial charge in [0.1, 0.15) is 0 Å². The molecule has 0 radical (unpaired) electrons. The minimum Gasteiger partial charge on any atom is -0.0795 e. The monoisotopic (exact) mass is 296 g/mol. The largest absolute Gasteiger partial charge is 0.0795 e. The fourth-order valence-electron chi connectivity index (χ4n) is 4.21. The first-order chi connectivity index (χ1) is 10.9. The second-order valence-electron chi connectivity index (χ2n) is 7.27. The van der Waals surface area contributed by atoms with Crippen LogP contribution in [0.3, 0.4) is 0 Å². The molecule has 120 valence electrons. The number of allylic oxidation sites excluding steroid dienone is 1. The summed E-state index contributed by atoms with van der Waals surface area (Å²) in [5.74, 6) is 0. The Balaban J connectivity index is 1.69. The van der Waals surface area contributed by atoms with Crippen molar-refractivity contribution in [3.05, 3.63) is 40.5 Å². The number of fused-ring (bicyclic) bond motifs is 3. The predicted octanol–water partition coefficient (Wildman–Crippen LogP) is 6.65. The van der Waals surface area contributed by atoms with Gasteiger partial charge in [-0.05, 0) is 54.4 Å². The third-order valence-electron chi connectivity index (χ3n) is 5.56. The Kier molecular flexibility index (Phi) is 6.16. The van der Waals surface area contributed by atoms with E-state index in [4.69, 9.17) is 0 Å².